The van der Waals surface area contributed by atoms with Crippen LogP contribution in [0.4, 0.5) is 0 Å². The number of benzene rings is 10. The van der Waals surface area contributed by atoms with Crippen LogP contribution in [0.15, 0.2) is 182 Å². The predicted octanol–water partition coefficient (Wildman–Crippen LogP) is 14.1. The fourth-order valence-corrected chi connectivity index (χ4v) is 9.98. The van der Waals surface area contributed by atoms with Gasteiger partial charge in [-0.05, 0) is 103 Å². The van der Waals surface area contributed by atoms with Crippen LogP contribution in [0.3, 0.4) is 0 Å². The molecule has 54 heavy (non-hydrogen) atoms. The van der Waals surface area contributed by atoms with E-state index in [9.17, 15) is 0 Å². The number of para-hydroxylation sites is 4. The minimum Gasteiger partial charge on any atom is -0.309 e. The molecule has 248 valence electrons. The third-order valence-electron chi connectivity index (χ3n) is 12.2. The first kappa shape index (κ1) is 28.4. The number of rotatable bonds is 2. The molecule has 0 saturated carbocycles. The van der Waals surface area contributed by atoms with E-state index in [1.807, 2.05) is 0 Å². The average molecular weight is 683 g/mol. The zero-order valence-corrected chi connectivity index (χ0v) is 29.2. The summed E-state index contributed by atoms with van der Waals surface area (Å²) in [6.07, 6.45) is 0. The van der Waals surface area contributed by atoms with Gasteiger partial charge in [0.1, 0.15) is 0 Å². The smallest absolute Gasteiger partial charge is 0.0547 e. The van der Waals surface area contributed by atoms with E-state index >= 15 is 0 Å². The lowest BCUT2D eigenvalue weighted by Crippen LogP contribution is -1.99. The predicted molar refractivity (Wildman–Crippen MR) is 230 cm³/mol. The largest absolute Gasteiger partial charge is 0.309 e. The van der Waals surface area contributed by atoms with Gasteiger partial charge >= 0.3 is 0 Å². The third kappa shape index (κ3) is 3.55. The normalized spacial score (nSPS) is 12.4. The molecule has 1 aliphatic carbocycles. The number of hydrogen-bond donors (Lipinski definition) is 0. The zero-order chi connectivity index (χ0) is 35.1. The van der Waals surface area contributed by atoms with E-state index in [0.717, 1.165) is 0 Å². The van der Waals surface area contributed by atoms with Crippen LogP contribution in [0.2, 0.25) is 0 Å². The average Bonchev–Trinajstić information content (AvgIpc) is 3.86. The van der Waals surface area contributed by atoms with Crippen molar-refractivity contribution in [1.82, 2.24) is 9.13 Å². The van der Waals surface area contributed by atoms with Gasteiger partial charge in [0, 0.05) is 32.3 Å². The molecule has 1 aliphatic rings. The molecule has 2 nitrogen and oxygen atoms in total. The summed E-state index contributed by atoms with van der Waals surface area (Å²) in [5.74, 6) is 0. The quantitative estimate of drug-likeness (QED) is 0.161. The lowest BCUT2D eigenvalue weighted by molar-refractivity contribution is 1.20. The fourth-order valence-electron chi connectivity index (χ4n) is 9.98. The van der Waals surface area contributed by atoms with Crippen molar-refractivity contribution in [2.24, 2.45) is 0 Å². The Hall–Kier alpha value is -7.16. The Morgan fingerprint density at radius 3 is 1.11 bits per heavy atom. The second-order valence-electron chi connectivity index (χ2n) is 14.8. The van der Waals surface area contributed by atoms with Crippen LogP contribution in [0.5, 0.6) is 0 Å². The summed E-state index contributed by atoms with van der Waals surface area (Å²) < 4.78 is 5.00. The first-order valence-corrected chi connectivity index (χ1v) is 18.8. The van der Waals surface area contributed by atoms with Gasteiger partial charge in [-0.3, -0.25) is 0 Å². The molecular formula is C52H30N2. The van der Waals surface area contributed by atoms with Crippen molar-refractivity contribution in [1.29, 1.82) is 0 Å². The van der Waals surface area contributed by atoms with E-state index in [0.29, 0.717) is 0 Å². The highest BCUT2D eigenvalue weighted by Gasteiger charge is 2.25. The molecule has 0 unspecified atom stereocenters. The van der Waals surface area contributed by atoms with Gasteiger partial charge in [-0.1, -0.05) is 133 Å². The molecule has 13 rings (SSSR count). The lowest BCUT2D eigenvalue weighted by atomic mass is 9.91. The van der Waals surface area contributed by atoms with Crippen molar-refractivity contribution in [3.63, 3.8) is 0 Å². The van der Waals surface area contributed by atoms with Gasteiger partial charge in [0.05, 0.1) is 33.4 Å². The van der Waals surface area contributed by atoms with E-state index in [2.05, 4.69) is 191 Å². The van der Waals surface area contributed by atoms with Gasteiger partial charge in [-0.15, -0.1) is 0 Å². The molecule has 0 spiro atoms. The molecule has 2 heteroatoms. The molecule has 0 N–H and O–H groups in total. The van der Waals surface area contributed by atoms with Crippen LogP contribution in [-0.4, -0.2) is 9.13 Å². The zero-order valence-electron chi connectivity index (χ0n) is 29.2. The highest BCUT2D eigenvalue weighted by atomic mass is 15.0. The van der Waals surface area contributed by atoms with Crippen LogP contribution in [0.25, 0.3) is 120 Å². The second-order valence-corrected chi connectivity index (χ2v) is 14.8. The van der Waals surface area contributed by atoms with Gasteiger partial charge in [0.15, 0.2) is 0 Å². The van der Waals surface area contributed by atoms with Crippen LogP contribution < -0.4 is 0 Å². The van der Waals surface area contributed by atoms with E-state index in [-0.39, 0.29) is 0 Å². The minimum atomic E-state index is 1.20. The maximum absolute atomic E-state index is 2.51. The third-order valence-corrected chi connectivity index (χ3v) is 12.2. The molecule has 0 bridgehead atoms. The molecule has 0 fully saturated rings. The Morgan fingerprint density at radius 2 is 0.611 bits per heavy atom. The maximum atomic E-state index is 2.51. The van der Waals surface area contributed by atoms with Gasteiger partial charge in [0.25, 0.3) is 0 Å². The summed E-state index contributed by atoms with van der Waals surface area (Å²) in [6.45, 7) is 0. The standard InChI is InChI=1S/C52H30N2/c1-2-16-33-32(15-1)43-29-51(54-48-25-9-5-19-36(48)37-20-6-10-26-49(37)54)45-28-41-39-22-12-14-31-13-11-21-38(52(31)39)40(41)27-42(45)44(43)30-50(33)53-46-23-7-3-17-34(46)35-18-4-8-24-47(35)53/h1-30H. The summed E-state index contributed by atoms with van der Waals surface area (Å²) in [6, 6.07) is 67.9. The summed E-state index contributed by atoms with van der Waals surface area (Å²) in [4.78, 5) is 0. The van der Waals surface area contributed by atoms with Crippen molar-refractivity contribution >= 4 is 86.7 Å². The Morgan fingerprint density at radius 1 is 0.241 bits per heavy atom. The summed E-state index contributed by atoms with van der Waals surface area (Å²) in [5, 5.41) is 15.2. The van der Waals surface area contributed by atoms with Gasteiger partial charge in [-0.25, -0.2) is 0 Å². The number of aromatic nitrogens is 2. The number of hydrogen-bond acceptors (Lipinski definition) is 0. The lowest BCUT2D eigenvalue weighted by Gasteiger charge is -2.19. The number of nitrogens with zero attached hydrogens (tertiary/aromatic N) is 2. The fraction of sp³-hybridized carbons (Fsp3) is 0. The van der Waals surface area contributed by atoms with E-state index in [1.165, 1.54) is 120 Å². The van der Waals surface area contributed by atoms with Crippen molar-refractivity contribution in [2.75, 3.05) is 0 Å². The first-order chi connectivity index (χ1) is 26.8. The van der Waals surface area contributed by atoms with E-state index < -0.39 is 0 Å². The summed E-state index contributed by atoms with van der Waals surface area (Å²) in [7, 11) is 0. The molecule has 0 aliphatic heterocycles. The van der Waals surface area contributed by atoms with E-state index in [1.54, 1.807) is 0 Å². The molecule has 0 radical (unpaired) electrons. The molecular weight excluding hydrogens is 653 g/mol. The Labute approximate surface area is 310 Å². The van der Waals surface area contributed by atoms with Crippen molar-refractivity contribution < 1.29 is 0 Å². The molecule has 12 aromatic rings. The van der Waals surface area contributed by atoms with Crippen LogP contribution in [0.1, 0.15) is 0 Å². The van der Waals surface area contributed by atoms with E-state index in [4.69, 9.17) is 0 Å². The molecule has 10 aromatic carbocycles. The summed E-state index contributed by atoms with van der Waals surface area (Å²) >= 11 is 0. The first-order valence-electron chi connectivity index (χ1n) is 18.8. The van der Waals surface area contributed by atoms with Crippen molar-refractivity contribution in [3.05, 3.63) is 182 Å². The molecule has 0 amide bonds. The molecule has 2 aromatic heterocycles. The Kier molecular flexibility index (Phi) is 5.39. The number of fused-ring (bicyclic) bond motifs is 14. The summed E-state index contributed by atoms with van der Waals surface area (Å²) in [5.41, 5.74) is 12.5. The van der Waals surface area contributed by atoms with Gasteiger partial charge < -0.3 is 9.13 Å². The molecule has 2 heterocycles. The SMILES string of the molecule is c1cc2c3c(cccc3c1)-c1cc3c(cc1-2)c(-n1c2ccccc2c2ccccc21)cc1c2ccccc2c(-n2c4ccccc4c4ccccc42)cc31. The monoisotopic (exact) mass is 682 g/mol. The maximum Gasteiger partial charge on any atom is 0.0547 e. The topological polar surface area (TPSA) is 9.86 Å². The van der Waals surface area contributed by atoms with Gasteiger partial charge in [0.2, 0.25) is 0 Å². The highest BCUT2D eigenvalue weighted by molar-refractivity contribution is 6.26. The van der Waals surface area contributed by atoms with Crippen LogP contribution in [0, 0.1) is 0 Å². The second kappa shape index (κ2) is 10.2. The molecule has 0 saturated heterocycles. The van der Waals surface area contributed by atoms with Gasteiger partial charge in [-0.2, -0.15) is 0 Å². The highest BCUT2D eigenvalue weighted by Crippen LogP contribution is 2.51. The van der Waals surface area contributed by atoms with Crippen molar-refractivity contribution in [3.8, 4) is 33.6 Å². The Bertz CT molecular complexity index is 3500. The van der Waals surface area contributed by atoms with Crippen molar-refractivity contribution in [2.45, 2.75) is 0 Å². The molecule has 0 atom stereocenters. The Balaban J connectivity index is 1.25. The van der Waals surface area contributed by atoms with Crippen LogP contribution in [-0.2, 0) is 0 Å². The van der Waals surface area contributed by atoms with Crippen LogP contribution >= 0.6 is 0 Å². The minimum absolute atomic E-state index is 1.20.